The zero-order chi connectivity index (χ0) is 13.1. The minimum absolute atomic E-state index is 0.371. The van der Waals surface area contributed by atoms with Crippen LogP contribution in [0.25, 0.3) is 0 Å². The van der Waals surface area contributed by atoms with Gasteiger partial charge in [0.25, 0.3) is 0 Å². The first kappa shape index (κ1) is 12.2. The van der Waals surface area contributed by atoms with E-state index in [0.29, 0.717) is 5.54 Å². The summed E-state index contributed by atoms with van der Waals surface area (Å²) < 4.78 is 5.84. The lowest BCUT2D eigenvalue weighted by atomic mass is 10.2. The number of nitrogens with one attached hydrogen (secondary N) is 1. The predicted molar refractivity (Wildman–Crippen MR) is 77.4 cm³/mol. The first-order valence-corrected chi connectivity index (χ1v) is 6.80. The lowest BCUT2D eigenvalue weighted by molar-refractivity contribution is 0.480. The van der Waals surface area contributed by atoms with E-state index in [1.807, 2.05) is 42.5 Å². The molecule has 0 aromatic heterocycles. The van der Waals surface area contributed by atoms with Gasteiger partial charge in [0, 0.05) is 12.1 Å². The zero-order valence-corrected chi connectivity index (χ0v) is 11.2. The Morgan fingerprint density at radius 3 is 2.47 bits per heavy atom. The van der Waals surface area contributed by atoms with Gasteiger partial charge in [0.15, 0.2) is 0 Å². The highest BCUT2D eigenvalue weighted by atomic mass is 16.5. The summed E-state index contributed by atoms with van der Waals surface area (Å²) in [7, 11) is 0. The number of ether oxygens (including phenoxy) is 1. The van der Waals surface area contributed by atoms with Crippen molar-refractivity contribution < 1.29 is 4.74 Å². The number of benzene rings is 2. The van der Waals surface area contributed by atoms with Crippen molar-refractivity contribution in [3.63, 3.8) is 0 Å². The van der Waals surface area contributed by atoms with Crippen molar-refractivity contribution in [3.05, 3.63) is 60.2 Å². The number of hydrogen-bond acceptors (Lipinski definition) is 2. The molecular weight excluding hydrogens is 234 g/mol. The lowest BCUT2D eigenvalue weighted by Crippen LogP contribution is -2.26. The number of rotatable bonds is 5. The van der Waals surface area contributed by atoms with Crippen LogP contribution in [0.15, 0.2) is 54.6 Å². The molecule has 2 heteroatoms. The van der Waals surface area contributed by atoms with Crippen LogP contribution in [0.2, 0.25) is 0 Å². The van der Waals surface area contributed by atoms with Gasteiger partial charge in [-0.25, -0.2) is 0 Å². The molecule has 1 fully saturated rings. The van der Waals surface area contributed by atoms with Gasteiger partial charge >= 0.3 is 0 Å². The molecule has 1 saturated carbocycles. The topological polar surface area (TPSA) is 21.3 Å². The third kappa shape index (κ3) is 3.36. The molecule has 19 heavy (non-hydrogen) atoms. The second-order valence-corrected chi connectivity index (χ2v) is 5.48. The summed E-state index contributed by atoms with van der Waals surface area (Å²) in [4.78, 5) is 0. The van der Waals surface area contributed by atoms with E-state index in [2.05, 4.69) is 24.4 Å². The van der Waals surface area contributed by atoms with Crippen molar-refractivity contribution >= 4 is 0 Å². The highest BCUT2D eigenvalue weighted by Crippen LogP contribution is 2.34. The number of para-hydroxylation sites is 1. The maximum atomic E-state index is 5.84. The maximum absolute atomic E-state index is 5.84. The highest BCUT2D eigenvalue weighted by molar-refractivity contribution is 5.33. The molecule has 1 aliphatic carbocycles. The SMILES string of the molecule is CC1(NCc2cccc(Oc3ccccc3)c2)CC1. The van der Waals surface area contributed by atoms with Crippen LogP contribution in [0.5, 0.6) is 11.5 Å². The predicted octanol–water partition coefficient (Wildman–Crippen LogP) is 4.12. The molecule has 0 bridgehead atoms. The van der Waals surface area contributed by atoms with E-state index in [0.717, 1.165) is 18.0 Å². The van der Waals surface area contributed by atoms with E-state index in [-0.39, 0.29) is 0 Å². The molecule has 0 unspecified atom stereocenters. The Bertz CT molecular complexity index is 546. The van der Waals surface area contributed by atoms with Gasteiger partial charge in [-0.1, -0.05) is 30.3 Å². The molecule has 0 radical (unpaired) electrons. The van der Waals surface area contributed by atoms with E-state index >= 15 is 0 Å². The van der Waals surface area contributed by atoms with Gasteiger partial charge < -0.3 is 10.1 Å². The minimum atomic E-state index is 0.371. The van der Waals surface area contributed by atoms with Gasteiger partial charge in [0.2, 0.25) is 0 Å². The Morgan fingerprint density at radius 2 is 1.74 bits per heavy atom. The Morgan fingerprint density at radius 1 is 1.00 bits per heavy atom. The van der Waals surface area contributed by atoms with Gasteiger partial charge in [-0.15, -0.1) is 0 Å². The second kappa shape index (κ2) is 5.06. The number of hydrogen-bond donors (Lipinski definition) is 1. The van der Waals surface area contributed by atoms with Crippen LogP contribution < -0.4 is 10.1 Å². The Balaban J connectivity index is 1.65. The van der Waals surface area contributed by atoms with E-state index in [9.17, 15) is 0 Å². The highest BCUT2D eigenvalue weighted by Gasteiger charge is 2.36. The van der Waals surface area contributed by atoms with Crippen LogP contribution in [0, 0.1) is 0 Å². The summed E-state index contributed by atoms with van der Waals surface area (Å²) in [6.45, 7) is 3.18. The fraction of sp³-hybridized carbons (Fsp3) is 0.294. The standard InChI is InChI=1S/C17H19NO/c1-17(10-11-17)18-13-14-6-5-9-16(12-14)19-15-7-3-2-4-8-15/h2-9,12,18H,10-11,13H2,1H3. The van der Waals surface area contributed by atoms with Crippen LogP contribution in [-0.2, 0) is 6.54 Å². The normalized spacial score (nSPS) is 16.1. The minimum Gasteiger partial charge on any atom is -0.457 e. The van der Waals surface area contributed by atoms with E-state index in [1.165, 1.54) is 18.4 Å². The van der Waals surface area contributed by atoms with Crippen LogP contribution in [0.3, 0.4) is 0 Å². The summed E-state index contributed by atoms with van der Waals surface area (Å²) in [6.07, 6.45) is 2.57. The molecule has 0 heterocycles. The summed E-state index contributed by atoms with van der Waals surface area (Å²) >= 11 is 0. The molecule has 1 aliphatic rings. The van der Waals surface area contributed by atoms with E-state index < -0.39 is 0 Å². The molecule has 2 aromatic rings. The zero-order valence-electron chi connectivity index (χ0n) is 11.2. The summed E-state index contributed by atoms with van der Waals surface area (Å²) in [5.74, 6) is 1.77. The van der Waals surface area contributed by atoms with Gasteiger partial charge in [-0.05, 0) is 49.6 Å². The van der Waals surface area contributed by atoms with Gasteiger partial charge in [0.05, 0.1) is 0 Å². The first-order chi connectivity index (χ1) is 9.23. The largest absolute Gasteiger partial charge is 0.457 e. The fourth-order valence-electron chi connectivity index (χ4n) is 2.02. The average Bonchev–Trinajstić information content (AvgIpc) is 3.17. The van der Waals surface area contributed by atoms with Crippen molar-refractivity contribution in [2.45, 2.75) is 31.8 Å². The van der Waals surface area contributed by atoms with Crippen molar-refractivity contribution in [2.75, 3.05) is 0 Å². The Labute approximate surface area is 114 Å². The quantitative estimate of drug-likeness (QED) is 0.865. The second-order valence-electron chi connectivity index (χ2n) is 5.48. The lowest BCUT2D eigenvalue weighted by Gasteiger charge is -2.12. The van der Waals surface area contributed by atoms with Crippen molar-refractivity contribution in [3.8, 4) is 11.5 Å². The molecule has 3 rings (SSSR count). The fourth-order valence-corrected chi connectivity index (χ4v) is 2.02. The van der Waals surface area contributed by atoms with E-state index in [4.69, 9.17) is 4.74 Å². The third-order valence-electron chi connectivity index (χ3n) is 3.60. The smallest absolute Gasteiger partial charge is 0.127 e. The molecule has 0 aliphatic heterocycles. The van der Waals surface area contributed by atoms with Gasteiger partial charge in [-0.3, -0.25) is 0 Å². The van der Waals surface area contributed by atoms with Crippen LogP contribution in [0.1, 0.15) is 25.3 Å². The summed E-state index contributed by atoms with van der Waals surface area (Å²) in [5.41, 5.74) is 1.64. The molecule has 1 N–H and O–H groups in total. The molecule has 2 aromatic carbocycles. The first-order valence-electron chi connectivity index (χ1n) is 6.80. The van der Waals surface area contributed by atoms with Crippen molar-refractivity contribution in [1.82, 2.24) is 5.32 Å². The van der Waals surface area contributed by atoms with Crippen LogP contribution in [-0.4, -0.2) is 5.54 Å². The molecular formula is C17H19NO. The van der Waals surface area contributed by atoms with Crippen molar-refractivity contribution in [2.24, 2.45) is 0 Å². The average molecular weight is 253 g/mol. The van der Waals surface area contributed by atoms with Crippen LogP contribution in [0.4, 0.5) is 0 Å². The molecule has 2 nitrogen and oxygen atoms in total. The molecule has 0 amide bonds. The summed E-state index contributed by atoms with van der Waals surface area (Å²) in [6, 6.07) is 18.2. The maximum Gasteiger partial charge on any atom is 0.127 e. The Hall–Kier alpha value is -1.80. The van der Waals surface area contributed by atoms with Gasteiger partial charge in [-0.2, -0.15) is 0 Å². The monoisotopic (exact) mass is 253 g/mol. The summed E-state index contributed by atoms with van der Waals surface area (Å²) in [5, 5.41) is 3.58. The molecule has 0 atom stereocenters. The molecule has 0 saturated heterocycles. The molecule has 0 spiro atoms. The van der Waals surface area contributed by atoms with Crippen molar-refractivity contribution in [1.29, 1.82) is 0 Å². The molecule has 98 valence electrons. The van der Waals surface area contributed by atoms with Gasteiger partial charge in [0.1, 0.15) is 11.5 Å². The third-order valence-corrected chi connectivity index (χ3v) is 3.60. The Kier molecular flexibility index (Phi) is 3.26. The van der Waals surface area contributed by atoms with Crippen LogP contribution >= 0.6 is 0 Å². The van der Waals surface area contributed by atoms with E-state index in [1.54, 1.807) is 0 Å².